The second-order valence-electron chi connectivity index (χ2n) is 8.65. The number of nitrogens with zero attached hydrogens (tertiary/aromatic N) is 6. The minimum absolute atomic E-state index is 0.0660. The van der Waals surface area contributed by atoms with Crippen LogP contribution < -0.4 is 10.1 Å². The Kier molecular flexibility index (Phi) is 5.10. The molecule has 11 nitrogen and oxygen atoms in total. The van der Waals surface area contributed by atoms with Crippen molar-refractivity contribution < 1.29 is 13.2 Å². The zero-order valence-electron chi connectivity index (χ0n) is 18.4. The molecule has 12 heteroatoms. The third-order valence-corrected chi connectivity index (χ3v) is 8.33. The SMILES string of the molecule is CCOc1c(-c2cn[nH]c2)ccn2nc(NC3CCN(S(=O)(=O)N(C)C)CC34CC4)nc12. The van der Waals surface area contributed by atoms with Crippen molar-refractivity contribution >= 4 is 21.8 Å². The first-order valence-corrected chi connectivity index (χ1v) is 12.2. The van der Waals surface area contributed by atoms with E-state index in [1.807, 2.05) is 25.4 Å². The van der Waals surface area contributed by atoms with Gasteiger partial charge >= 0.3 is 0 Å². The van der Waals surface area contributed by atoms with E-state index in [0.717, 1.165) is 24.0 Å². The van der Waals surface area contributed by atoms with Gasteiger partial charge in [-0.1, -0.05) is 0 Å². The van der Waals surface area contributed by atoms with Gasteiger partial charge in [-0.2, -0.15) is 27.1 Å². The Hall–Kier alpha value is -2.70. The molecule has 0 amide bonds. The Bertz CT molecular complexity index is 1220. The van der Waals surface area contributed by atoms with Crippen LogP contribution in [-0.4, -0.2) is 81.7 Å². The average molecular weight is 461 g/mol. The molecule has 1 atom stereocenters. The molecular weight excluding hydrogens is 432 g/mol. The highest BCUT2D eigenvalue weighted by atomic mass is 32.2. The van der Waals surface area contributed by atoms with Crippen molar-refractivity contribution in [3.8, 4) is 16.9 Å². The third kappa shape index (κ3) is 3.51. The van der Waals surface area contributed by atoms with Gasteiger partial charge in [0.15, 0.2) is 11.4 Å². The van der Waals surface area contributed by atoms with Gasteiger partial charge < -0.3 is 10.1 Å². The second kappa shape index (κ2) is 7.71. The fourth-order valence-electron chi connectivity index (χ4n) is 4.49. The van der Waals surface area contributed by atoms with Crippen LogP contribution in [0.5, 0.6) is 5.75 Å². The van der Waals surface area contributed by atoms with Gasteiger partial charge in [-0.3, -0.25) is 5.10 Å². The van der Waals surface area contributed by atoms with Crippen LogP contribution >= 0.6 is 0 Å². The molecule has 1 aliphatic carbocycles. The summed E-state index contributed by atoms with van der Waals surface area (Å²) < 4.78 is 35.7. The molecule has 5 rings (SSSR count). The maximum atomic E-state index is 12.6. The van der Waals surface area contributed by atoms with E-state index >= 15 is 0 Å². The molecule has 172 valence electrons. The van der Waals surface area contributed by atoms with Gasteiger partial charge in [0.2, 0.25) is 5.95 Å². The lowest BCUT2D eigenvalue weighted by molar-refractivity contribution is 0.220. The molecule has 0 radical (unpaired) electrons. The summed E-state index contributed by atoms with van der Waals surface area (Å²) in [6.45, 7) is 3.43. The topological polar surface area (TPSA) is 121 Å². The van der Waals surface area contributed by atoms with Crippen LogP contribution in [0.25, 0.3) is 16.8 Å². The van der Waals surface area contributed by atoms with E-state index in [-0.39, 0.29) is 11.5 Å². The fourth-order valence-corrected chi connectivity index (χ4v) is 5.71. The molecular formula is C20H28N8O3S. The molecule has 0 bridgehead atoms. The smallest absolute Gasteiger partial charge is 0.281 e. The van der Waals surface area contributed by atoms with Crippen molar-refractivity contribution in [2.75, 3.05) is 39.1 Å². The van der Waals surface area contributed by atoms with Crippen LogP contribution in [0.2, 0.25) is 0 Å². The number of piperidine rings is 1. The molecule has 1 saturated carbocycles. The van der Waals surface area contributed by atoms with Crippen LogP contribution in [0.4, 0.5) is 5.95 Å². The predicted molar refractivity (Wildman–Crippen MR) is 120 cm³/mol. The summed E-state index contributed by atoms with van der Waals surface area (Å²) in [4.78, 5) is 4.73. The fraction of sp³-hybridized carbons (Fsp3) is 0.550. The van der Waals surface area contributed by atoms with Gasteiger partial charge in [-0.25, -0.2) is 4.52 Å². The van der Waals surface area contributed by atoms with E-state index in [0.29, 0.717) is 43.5 Å². The minimum atomic E-state index is -3.41. The predicted octanol–water partition coefficient (Wildman–Crippen LogP) is 1.59. The number of aromatic nitrogens is 5. The monoisotopic (exact) mass is 460 g/mol. The van der Waals surface area contributed by atoms with Crippen molar-refractivity contribution in [3.63, 3.8) is 0 Å². The van der Waals surface area contributed by atoms with Crippen LogP contribution in [0, 0.1) is 5.41 Å². The van der Waals surface area contributed by atoms with E-state index in [9.17, 15) is 8.42 Å². The average Bonchev–Trinajstić information content (AvgIpc) is 3.16. The normalized spacial score (nSPS) is 20.8. The Labute approximate surface area is 186 Å². The molecule has 1 aliphatic heterocycles. The van der Waals surface area contributed by atoms with Crippen LogP contribution in [-0.2, 0) is 10.2 Å². The molecule has 32 heavy (non-hydrogen) atoms. The molecule has 1 unspecified atom stereocenters. The number of hydrogen-bond donors (Lipinski definition) is 2. The van der Waals surface area contributed by atoms with E-state index in [1.54, 1.807) is 29.1 Å². The molecule has 4 heterocycles. The molecule has 0 aromatic carbocycles. The summed E-state index contributed by atoms with van der Waals surface area (Å²) in [6, 6.07) is 2.06. The summed E-state index contributed by atoms with van der Waals surface area (Å²) in [5, 5.41) is 15.0. The quantitative estimate of drug-likeness (QED) is 0.549. The Morgan fingerprint density at radius 1 is 1.38 bits per heavy atom. The van der Waals surface area contributed by atoms with Gasteiger partial charge in [0.1, 0.15) is 0 Å². The highest BCUT2D eigenvalue weighted by Gasteiger charge is 2.54. The first-order valence-electron chi connectivity index (χ1n) is 10.8. The van der Waals surface area contributed by atoms with Gasteiger partial charge in [-0.15, -0.1) is 5.10 Å². The summed E-state index contributed by atoms with van der Waals surface area (Å²) >= 11 is 0. The first-order chi connectivity index (χ1) is 15.3. The van der Waals surface area contributed by atoms with Crippen LogP contribution in [0.15, 0.2) is 24.7 Å². The van der Waals surface area contributed by atoms with Crippen molar-refractivity contribution in [1.29, 1.82) is 0 Å². The maximum absolute atomic E-state index is 12.6. The minimum Gasteiger partial charge on any atom is -0.489 e. The van der Waals surface area contributed by atoms with Crippen molar-refractivity contribution in [3.05, 3.63) is 24.7 Å². The number of ether oxygens (including phenoxy) is 1. The van der Waals surface area contributed by atoms with Crippen molar-refractivity contribution in [1.82, 2.24) is 33.4 Å². The summed E-state index contributed by atoms with van der Waals surface area (Å²) in [7, 11) is -0.253. The number of H-pyrrole nitrogens is 1. The van der Waals surface area contributed by atoms with Gasteiger partial charge in [0.05, 0.1) is 12.8 Å². The number of rotatable bonds is 7. The maximum Gasteiger partial charge on any atom is 0.281 e. The number of fused-ring (bicyclic) bond motifs is 1. The highest BCUT2D eigenvalue weighted by Crippen LogP contribution is 2.53. The Morgan fingerprint density at radius 2 is 2.19 bits per heavy atom. The van der Waals surface area contributed by atoms with E-state index in [2.05, 4.69) is 20.6 Å². The number of aromatic amines is 1. The van der Waals surface area contributed by atoms with Gasteiger partial charge in [0, 0.05) is 62.2 Å². The standard InChI is InChI=1S/C20H28N8O3S/c1-4-31-17-15(14-11-21-22-12-14)5-10-28-18(17)24-19(25-28)23-16-6-9-27(13-20(16)7-8-20)32(29,30)26(2)3/h5,10-12,16H,4,6-9,13H2,1-3H3,(H,21,22)(H,23,25). The molecule has 1 saturated heterocycles. The van der Waals surface area contributed by atoms with Crippen molar-refractivity contribution in [2.24, 2.45) is 5.41 Å². The van der Waals surface area contributed by atoms with Crippen LogP contribution in [0.1, 0.15) is 26.2 Å². The molecule has 2 aliphatic rings. The van der Waals surface area contributed by atoms with Gasteiger partial charge in [0.25, 0.3) is 10.2 Å². The third-order valence-electron chi connectivity index (χ3n) is 6.44. The lowest BCUT2D eigenvalue weighted by atomic mass is 9.90. The van der Waals surface area contributed by atoms with E-state index in [4.69, 9.17) is 9.72 Å². The van der Waals surface area contributed by atoms with E-state index in [1.165, 1.54) is 4.31 Å². The molecule has 2 fully saturated rings. The molecule has 3 aromatic rings. The Morgan fingerprint density at radius 3 is 2.84 bits per heavy atom. The number of nitrogens with one attached hydrogen (secondary N) is 2. The summed E-state index contributed by atoms with van der Waals surface area (Å²) in [5.74, 6) is 1.18. The largest absolute Gasteiger partial charge is 0.489 e. The van der Waals surface area contributed by atoms with E-state index < -0.39 is 10.2 Å². The lowest BCUT2D eigenvalue weighted by Crippen LogP contribution is -2.52. The van der Waals surface area contributed by atoms with Crippen molar-refractivity contribution in [2.45, 2.75) is 32.2 Å². The highest BCUT2D eigenvalue weighted by molar-refractivity contribution is 7.86. The van der Waals surface area contributed by atoms with Crippen LogP contribution in [0.3, 0.4) is 0 Å². The Balaban J connectivity index is 1.41. The second-order valence-corrected chi connectivity index (χ2v) is 10.8. The van der Waals surface area contributed by atoms with Gasteiger partial charge in [-0.05, 0) is 32.3 Å². The number of anilines is 1. The summed E-state index contributed by atoms with van der Waals surface area (Å²) in [5.41, 5.74) is 2.38. The molecule has 3 aromatic heterocycles. The zero-order valence-corrected chi connectivity index (χ0v) is 19.3. The zero-order chi connectivity index (χ0) is 22.5. The molecule has 2 N–H and O–H groups in total. The lowest BCUT2D eigenvalue weighted by Gasteiger charge is -2.39. The summed E-state index contributed by atoms with van der Waals surface area (Å²) in [6.07, 6.45) is 8.12. The number of hydrogen-bond acceptors (Lipinski definition) is 7. The molecule has 1 spiro atoms. The first kappa shape index (κ1) is 21.2. The number of pyridine rings is 1.